The number of carbonyl (C=O) groups excluding carboxylic acids is 3. The maximum atomic E-state index is 13.6. The number of ketones is 2. The number of hydrogen-bond acceptors (Lipinski definition) is 7. The predicted molar refractivity (Wildman–Crippen MR) is 123 cm³/mol. The van der Waals surface area contributed by atoms with Gasteiger partial charge in [0.05, 0.1) is 11.5 Å². The van der Waals surface area contributed by atoms with Crippen molar-refractivity contribution in [3.8, 4) is 16.9 Å². The van der Waals surface area contributed by atoms with Crippen molar-refractivity contribution < 1.29 is 29.7 Å². The molecular formula is C26H24N2O6. The Kier molecular flexibility index (Phi) is 5.06. The van der Waals surface area contributed by atoms with Crippen molar-refractivity contribution in [3.63, 3.8) is 0 Å². The number of Topliss-reactive ketones (excluding diaryl/α,β-unsaturated/α-hetero) is 2. The van der Waals surface area contributed by atoms with Crippen molar-refractivity contribution in [2.75, 3.05) is 0 Å². The number of benzene rings is 2. The number of phenolic OH excluding ortho intramolecular Hbond substituents is 1. The zero-order valence-corrected chi connectivity index (χ0v) is 18.2. The quantitative estimate of drug-likeness (QED) is 0.439. The van der Waals surface area contributed by atoms with E-state index in [-0.39, 0.29) is 29.1 Å². The molecule has 5 rings (SSSR count). The van der Waals surface area contributed by atoms with E-state index in [0.717, 1.165) is 16.7 Å². The zero-order valence-electron chi connectivity index (χ0n) is 18.2. The van der Waals surface area contributed by atoms with Crippen molar-refractivity contribution >= 4 is 17.5 Å². The molecule has 0 radical (unpaired) electrons. The van der Waals surface area contributed by atoms with Crippen molar-refractivity contribution in [1.82, 2.24) is 0 Å². The number of fused-ring (bicyclic) bond motifs is 3. The number of allylic oxidation sites excluding steroid dienone is 3. The Balaban J connectivity index is 1.62. The van der Waals surface area contributed by atoms with Crippen LogP contribution in [0.15, 0.2) is 59.1 Å². The summed E-state index contributed by atoms with van der Waals surface area (Å²) in [6, 6.07) is 10.8. The van der Waals surface area contributed by atoms with Gasteiger partial charge >= 0.3 is 0 Å². The molecule has 0 saturated heterocycles. The summed E-state index contributed by atoms with van der Waals surface area (Å²) >= 11 is 0. The molecule has 8 nitrogen and oxygen atoms in total. The van der Waals surface area contributed by atoms with Crippen molar-refractivity contribution in [2.45, 2.75) is 25.8 Å². The number of rotatable bonds is 3. The van der Waals surface area contributed by atoms with Gasteiger partial charge in [0.15, 0.2) is 11.6 Å². The van der Waals surface area contributed by atoms with Gasteiger partial charge in [-0.1, -0.05) is 30.3 Å². The minimum atomic E-state index is -1.12. The highest BCUT2D eigenvalue weighted by molar-refractivity contribution is 6.22. The Hall–Kier alpha value is -3.91. The summed E-state index contributed by atoms with van der Waals surface area (Å²) in [5, 5.41) is 31.9. The fourth-order valence-electron chi connectivity index (χ4n) is 5.73. The minimum absolute atomic E-state index is 0.0109. The minimum Gasteiger partial charge on any atom is -0.511 e. The summed E-state index contributed by atoms with van der Waals surface area (Å²) < 4.78 is 0. The molecule has 2 aromatic carbocycles. The van der Waals surface area contributed by atoms with Crippen LogP contribution < -0.4 is 11.5 Å². The van der Waals surface area contributed by atoms with Crippen LogP contribution in [0.3, 0.4) is 0 Å². The number of primary amides is 1. The van der Waals surface area contributed by atoms with Crippen LogP contribution in [0.2, 0.25) is 0 Å². The summed E-state index contributed by atoms with van der Waals surface area (Å²) in [5.41, 5.74) is 13.9. The largest absolute Gasteiger partial charge is 0.511 e. The number of aromatic hydroxyl groups is 1. The van der Waals surface area contributed by atoms with Gasteiger partial charge < -0.3 is 26.8 Å². The molecule has 3 aliphatic carbocycles. The molecule has 3 aliphatic rings. The third-order valence-electron chi connectivity index (χ3n) is 7.27. The van der Waals surface area contributed by atoms with E-state index in [0.29, 0.717) is 24.9 Å². The van der Waals surface area contributed by atoms with Gasteiger partial charge in [0, 0.05) is 18.5 Å². The van der Waals surface area contributed by atoms with Crippen LogP contribution in [0.1, 0.15) is 34.3 Å². The molecule has 174 valence electrons. The van der Waals surface area contributed by atoms with Crippen LogP contribution in [0, 0.1) is 17.8 Å². The van der Waals surface area contributed by atoms with E-state index in [4.69, 9.17) is 11.5 Å². The van der Waals surface area contributed by atoms with Crippen LogP contribution in [0.25, 0.3) is 11.1 Å². The molecule has 1 amide bonds. The first kappa shape index (κ1) is 21.9. The van der Waals surface area contributed by atoms with E-state index in [1.165, 1.54) is 6.07 Å². The summed E-state index contributed by atoms with van der Waals surface area (Å²) in [7, 11) is 0. The second kappa shape index (κ2) is 7.85. The van der Waals surface area contributed by atoms with Gasteiger partial charge in [-0.25, -0.2) is 0 Å². The maximum absolute atomic E-state index is 13.6. The second-order valence-corrected chi connectivity index (χ2v) is 9.14. The fourth-order valence-corrected chi connectivity index (χ4v) is 5.73. The first-order valence-electron chi connectivity index (χ1n) is 11.1. The van der Waals surface area contributed by atoms with E-state index < -0.39 is 46.6 Å². The van der Waals surface area contributed by atoms with E-state index in [1.54, 1.807) is 6.07 Å². The normalized spacial score (nSPS) is 24.0. The molecule has 0 saturated carbocycles. The first-order valence-corrected chi connectivity index (χ1v) is 11.1. The van der Waals surface area contributed by atoms with Gasteiger partial charge in [-0.15, -0.1) is 0 Å². The first-order chi connectivity index (χ1) is 16.2. The number of aliphatic hydroxyl groups excluding tert-OH is 2. The van der Waals surface area contributed by atoms with Gasteiger partial charge in [0.25, 0.3) is 5.91 Å². The third-order valence-corrected chi connectivity index (χ3v) is 7.27. The van der Waals surface area contributed by atoms with Gasteiger partial charge in [-0.05, 0) is 53.0 Å². The number of carbonyl (C=O) groups is 3. The Morgan fingerprint density at radius 2 is 1.71 bits per heavy atom. The third kappa shape index (κ3) is 3.13. The zero-order chi connectivity index (χ0) is 24.3. The fraction of sp³-hybridized carbons (Fsp3) is 0.269. The number of phenols is 1. The molecule has 8 heteroatoms. The van der Waals surface area contributed by atoms with E-state index in [9.17, 15) is 29.7 Å². The lowest BCUT2D eigenvalue weighted by Gasteiger charge is -2.41. The molecule has 2 aromatic rings. The van der Waals surface area contributed by atoms with E-state index >= 15 is 0 Å². The lowest BCUT2D eigenvalue weighted by atomic mass is 9.62. The molecule has 0 heterocycles. The van der Waals surface area contributed by atoms with Gasteiger partial charge in [-0.2, -0.15) is 0 Å². The average molecular weight is 460 g/mol. The Morgan fingerprint density at radius 1 is 1.00 bits per heavy atom. The molecule has 3 atom stereocenters. The van der Waals surface area contributed by atoms with Crippen LogP contribution >= 0.6 is 0 Å². The summed E-state index contributed by atoms with van der Waals surface area (Å²) in [6.45, 7) is 0.405. The predicted octanol–water partition coefficient (Wildman–Crippen LogP) is 2.59. The molecule has 7 N–H and O–H groups in total. The lowest BCUT2D eigenvalue weighted by Crippen LogP contribution is -2.43. The van der Waals surface area contributed by atoms with E-state index in [1.807, 2.05) is 24.3 Å². The molecule has 0 bridgehead atoms. The van der Waals surface area contributed by atoms with Crippen LogP contribution in [-0.4, -0.2) is 32.8 Å². The highest BCUT2D eigenvalue weighted by atomic mass is 16.3. The molecular weight excluding hydrogens is 436 g/mol. The van der Waals surface area contributed by atoms with Gasteiger partial charge in [0.1, 0.15) is 22.8 Å². The number of amides is 1. The van der Waals surface area contributed by atoms with E-state index in [2.05, 4.69) is 0 Å². The SMILES string of the molecule is NCc1ccc(-c2ccc(O)c3c2CC2CC4CC(O)=C(C(N)=O)C(=O)C4C(O)=C2C3=O)cc1. The van der Waals surface area contributed by atoms with Crippen LogP contribution in [0.4, 0.5) is 0 Å². The molecule has 0 fully saturated rings. The molecule has 3 unspecified atom stereocenters. The molecule has 0 spiro atoms. The summed E-state index contributed by atoms with van der Waals surface area (Å²) in [6.07, 6.45) is 0.739. The van der Waals surface area contributed by atoms with Gasteiger partial charge in [0.2, 0.25) is 0 Å². The Bertz CT molecular complexity index is 1320. The second-order valence-electron chi connectivity index (χ2n) is 9.14. The topological polar surface area (TPSA) is 164 Å². The smallest absolute Gasteiger partial charge is 0.255 e. The molecule has 0 aromatic heterocycles. The van der Waals surface area contributed by atoms with Crippen LogP contribution in [0.5, 0.6) is 5.75 Å². The summed E-state index contributed by atoms with van der Waals surface area (Å²) in [5.74, 6) is -5.35. The number of nitrogens with two attached hydrogens (primary N) is 2. The molecule has 0 aliphatic heterocycles. The number of hydrogen-bond donors (Lipinski definition) is 5. The monoisotopic (exact) mass is 460 g/mol. The van der Waals surface area contributed by atoms with Crippen molar-refractivity contribution in [2.24, 2.45) is 29.2 Å². The Morgan fingerprint density at radius 3 is 2.35 bits per heavy atom. The average Bonchev–Trinajstić information content (AvgIpc) is 2.78. The van der Waals surface area contributed by atoms with Crippen LogP contribution in [-0.2, 0) is 22.6 Å². The molecule has 34 heavy (non-hydrogen) atoms. The summed E-state index contributed by atoms with van der Waals surface area (Å²) in [4.78, 5) is 38.2. The number of aliphatic hydroxyl groups is 2. The van der Waals surface area contributed by atoms with Crippen molar-refractivity contribution in [3.05, 3.63) is 75.8 Å². The van der Waals surface area contributed by atoms with Gasteiger partial charge in [-0.3, -0.25) is 14.4 Å². The standard InChI is InChI=1S/C26H24N2O6/c27-10-11-1-3-12(4-2-11)15-5-6-17(29)21-16(15)8-13-7-14-9-18(30)22(26(28)34)25(33)20(14)23(31)19(13)24(21)32/h1-6,13-14,20,29-31H,7-10,27H2,(H2,28,34). The maximum Gasteiger partial charge on any atom is 0.255 e. The lowest BCUT2D eigenvalue weighted by molar-refractivity contribution is -0.126. The van der Waals surface area contributed by atoms with Crippen molar-refractivity contribution in [1.29, 1.82) is 0 Å². The highest BCUT2D eigenvalue weighted by Gasteiger charge is 2.50. The Labute approximate surface area is 195 Å². The highest BCUT2D eigenvalue weighted by Crippen LogP contribution is 2.50.